The molecule has 1 amide bonds. The maximum atomic E-state index is 14.0. The summed E-state index contributed by atoms with van der Waals surface area (Å²) in [5, 5.41) is 7.29. The van der Waals surface area contributed by atoms with Gasteiger partial charge in [0.05, 0.1) is 24.2 Å². The summed E-state index contributed by atoms with van der Waals surface area (Å²) in [6.07, 6.45) is 5.50. The largest absolute Gasteiger partial charge is 0.350 e. The molecule has 1 aliphatic heterocycles. The first-order chi connectivity index (χ1) is 18.3. The number of piperidine rings is 1. The minimum atomic E-state index is -3.56. The molecule has 1 N–H and O–H groups in total. The molecule has 0 aliphatic carbocycles. The highest BCUT2D eigenvalue weighted by atomic mass is 32.2. The van der Waals surface area contributed by atoms with Crippen molar-refractivity contribution in [2.75, 3.05) is 19.6 Å². The number of hydrogen-bond acceptors (Lipinski definition) is 6. The molecule has 38 heavy (non-hydrogen) atoms. The predicted octanol–water partition coefficient (Wildman–Crippen LogP) is 2.39. The molecule has 5 rings (SSSR count). The summed E-state index contributed by atoms with van der Waals surface area (Å²) in [6.45, 7) is 1.56. The Bertz CT molecular complexity index is 1630. The maximum Gasteiger partial charge on any atom is 0.264 e. The van der Waals surface area contributed by atoms with Gasteiger partial charge in [-0.3, -0.25) is 14.2 Å². The average molecular weight is 539 g/mol. The van der Waals surface area contributed by atoms with Crippen LogP contribution in [0.3, 0.4) is 0 Å². The minimum Gasteiger partial charge on any atom is -0.350 e. The van der Waals surface area contributed by atoms with E-state index in [1.165, 1.54) is 56.4 Å². The van der Waals surface area contributed by atoms with E-state index in [4.69, 9.17) is 0 Å². The Balaban J connectivity index is 1.21. The van der Waals surface area contributed by atoms with Gasteiger partial charge in [0.1, 0.15) is 17.5 Å². The molecule has 2 aromatic heterocycles. The number of fused-ring (bicyclic) bond motifs is 1. The highest BCUT2D eigenvalue weighted by Crippen LogP contribution is 2.21. The summed E-state index contributed by atoms with van der Waals surface area (Å²) in [5.74, 6) is -0.757. The molecule has 10 nitrogen and oxygen atoms in total. The van der Waals surface area contributed by atoms with E-state index in [2.05, 4.69) is 15.4 Å². The SMILES string of the molecule is O=C(NCCn1ncc2c(=O)n(Cc3ccccc3F)cnc21)c1ccc(S(=O)(=O)N2CCCCC2)cc1. The van der Waals surface area contributed by atoms with Crippen LogP contribution in [0.1, 0.15) is 35.2 Å². The number of amides is 1. The first-order valence-electron chi connectivity index (χ1n) is 12.4. The van der Waals surface area contributed by atoms with Crippen molar-refractivity contribution in [3.8, 4) is 0 Å². The highest BCUT2D eigenvalue weighted by molar-refractivity contribution is 7.89. The van der Waals surface area contributed by atoms with Crippen LogP contribution >= 0.6 is 0 Å². The molecule has 0 radical (unpaired) electrons. The lowest BCUT2D eigenvalue weighted by Crippen LogP contribution is -2.35. The average Bonchev–Trinajstić information content (AvgIpc) is 3.35. The van der Waals surface area contributed by atoms with Crippen LogP contribution in [-0.4, -0.2) is 57.6 Å². The zero-order valence-corrected chi connectivity index (χ0v) is 21.4. The van der Waals surface area contributed by atoms with Crippen LogP contribution in [0, 0.1) is 5.82 Å². The molecule has 0 spiro atoms. The topological polar surface area (TPSA) is 119 Å². The third-order valence-corrected chi connectivity index (χ3v) is 8.51. The Hall–Kier alpha value is -3.90. The number of nitrogens with one attached hydrogen (secondary N) is 1. The van der Waals surface area contributed by atoms with Crippen LogP contribution in [-0.2, 0) is 23.1 Å². The standard InChI is InChI=1S/C26H27FN6O4S/c27-23-7-3-2-6-20(23)17-31-18-29-24-22(26(31)35)16-30-33(24)15-12-28-25(34)19-8-10-21(11-9-19)38(36,37)32-13-4-1-5-14-32/h2-3,6-11,16,18H,1,4-5,12-15,17H2,(H,28,34). The van der Waals surface area contributed by atoms with Gasteiger partial charge in [-0.2, -0.15) is 9.40 Å². The van der Waals surface area contributed by atoms with E-state index in [9.17, 15) is 22.4 Å². The molecule has 0 saturated carbocycles. The summed E-state index contributed by atoms with van der Waals surface area (Å²) in [7, 11) is -3.56. The van der Waals surface area contributed by atoms with Crippen LogP contribution in [0.4, 0.5) is 4.39 Å². The van der Waals surface area contributed by atoms with E-state index < -0.39 is 15.8 Å². The van der Waals surface area contributed by atoms with E-state index in [1.54, 1.807) is 18.2 Å². The summed E-state index contributed by atoms with van der Waals surface area (Å²) in [6, 6.07) is 12.1. The normalized spacial score (nSPS) is 14.6. The van der Waals surface area contributed by atoms with Gasteiger partial charge in [-0.15, -0.1) is 0 Å². The minimum absolute atomic E-state index is 0.0494. The van der Waals surface area contributed by atoms with Crippen molar-refractivity contribution in [3.05, 3.63) is 88.4 Å². The number of sulfonamides is 1. The molecule has 1 fully saturated rings. The molecule has 4 aromatic rings. The Morgan fingerprint density at radius 2 is 1.76 bits per heavy atom. The fourth-order valence-corrected chi connectivity index (χ4v) is 6.01. The van der Waals surface area contributed by atoms with Crippen molar-refractivity contribution < 1.29 is 17.6 Å². The van der Waals surface area contributed by atoms with E-state index in [0.717, 1.165) is 19.3 Å². The number of benzene rings is 2. The van der Waals surface area contributed by atoms with Crippen LogP contribution < -0.4 is 10.9 Å². The van der Waals surface area contributed by atoms with E-state index in [-0.39, 0.29) is 36.0 Å². The van der Waals surface area contributed by atoms with Crippen molar-refractivity contribution >= 4 is 27.0 Å². The fourth-order valence-electron chi connectivity index (χ4n) is 4.49. The second-order valence-corrected chi connectivity index (χ2v) is 11.1. The van der Waals surface area contributed by atoms with Gasteiger partial charge in [0.25, 0.3) is 11.5 Å². The van der Waals surface area contributed by atoms with Crippen LogP contribution in [0.5, 0.6) is 0 Å². The van der Waals surface area contributed by atoms with E-state index in [1.807, 2.05) is 0 Å². The Labute approximate surface area is 218 Å². The summed E-state index contributed by atoms with van der Waals surface area (Å²) in [4.78, 5) is 29.9. The van der Waals surface area contributed by atoms with Gasteiger partial charge in [-0.05, 0) is 43.2 Å². The molecule has 12 heteroatoms. The van der Waals surface area contributed by atoms with Gasteiger partial charge in [0.2, 0.25) is 10.0 Å². The summed E-state index contributed by atoms with van der Waals surface area (Å²) < 4.78 is 43.9. The van der Waals surface area contributed by atoms with Crippen molar-refractivity contribution in [3.63, 3.8) is 0 Å². The number of carbonyl (C=O) groups excluding carboxylic acids is 1. The number of aromatic nitrogens is 4. The lowest BCUT2D eigenvalue weighted by atomic mass is 10.2. The number of rotatable bonds is 8. The smallest absolute Gasteiger partial charge is 0.264 e. The van der Waals surface area contributed by atoms with Crippen molar-refractivity contribution in [1.82, 2.24) is 29.0 Å². The van der Waals surface area contributed by atoms with Gasteiger partial charge < -0.3 is 5.32 Å². The number of hydrogen-bond donors (Lipinski definition) is 1. The zero-order chi connectivity index (χ0) is 26.7. The zero-order valence-electron chi connectivity index (χ0n) is 20.6. The first-order valence-corrected chi connectivity index (χ1v) is 13.8. The van der Waals surface area contributed by atoms with Crippen molar-refractivity contribution in [2.24, 2.45) is 0 Å². The number of nitrogens with zero attached hydrogens (tertiary/aromatic N) is 5. The van der Waals surface area contributed by atoms with E-state index in [0.29, 0.717) is 35.2 Å². The second-order valence-electron chi connectivity index (χ2n) is 9.12. The molecule has 198 valence electrons. The van der Waals surface area contributed by atoms with Crippen molar-refractivity contribution in [2.45, 2.75) is 37.2 Å². The van der Waals surface area contributed by atoms with Gasteiger partial charge in [-0.1, -0.05) is 24.6 Å². The first kappa shape index (κ1) is 25.7. The predicted molar refractivity (Wildman–Crippen MR) is 139 cm³/mol. The maximum absolute atomic E-state index is 14.0. The molecular formula is C26H27FN6O4S. The molecule has 0 unspecified atom stereocenters. The molecule has 0 bridgehead atoms. The Kier molecular flexibility index (Phi) is 7.34. The van der Waals surface area contributed by atoms with Gasteiger partial charge in [-0.25, -0.2) is 22.5 Å². The molecular weight excluding hydrogens is 511 g/mol. The highest BCUT2D eigenvalue weighted by Gasteiger charge is 2.26. The molecule has 0 atom stereocenters. The van der Waals surface area contributed by atoms with Crippen molar-refractivity contribution in [1.29, 1.82) is 0 Å². The number of halogens is 1. The second kappa shape index (κ2) is 10.8. The molecule has 1 aliphatic rings. The number of carbonyl (C=O) groups is 1. The molecule has 1 saturated heterocycles. The lowest BCUT2D eigenvalue weighted by molar-refractivity contribution is 0.0952. The summed E-state index contributed by atoms with van der Waals surface area (Å²) in [5.41, 5.74) is 0.736. The van der Waals surface area contributed by atoms with Crippen LogP contribution in [0.25, 0.3) is 11.0 Å². The van der Waals surface area contributed by atoms with Gasteiger partial charge in [0.15, 0.2) is 5.65 Å². The van der Waals surface area contributed by atoms with Crippen LogP contribution in [0.2, 0.25) is 0 Å². The monoisotopic (exact) mass is 538 g/mol. The van der Waals surface area contributed by atoms with E-state index >= 15 is 0 Å². The Morgan fingerprint density at radius 3 is 2.50 bits per heavy atom. The summed E-state index contributed by atoms with van der Waals surface area (Å²) >= 11 is 0. The van der Waals surface area contributed by atoms with Crippen LogP contribution in [0.15, 0.2) is 70.7 Å². The fraction of sp³-hybridized carbons (Fsp3) is 0.308. The Morgan fingerprint density at radius 1 is 1.03 bits per heavy atom. The third-order valence-electron chi connectivity index (χ3n) is 6.60. The quantitative estimate of drug-likeness (QED) is 0.368. The molecule has 2 aromatic carbocycles. The third kappa shape index (κ3) is 5.22. The molecule has 3 heterocycles. The van der Waals surface area contributed by atoms with Gasteiger partial charge in [0, 0.05) is 30.8 Å². The van der Waals surface area contributed by atoms with Gasteiger partial charge >= 0.3 is 0 Å². The lowest BCUT2D eigenvalue weighted by Gasteiger charge is -2.25.